The van der Waals surface area contributed by atoms with E-state index in [2.05, 4.69) is 11.8 Å². The fourth-order valence-corrected chi connectivity index (χ4v) is 4.42. The number of hydrogen-bond donors (Lipinski definition) is 2. The Hall–Kier alpha value is -2.48. The van der Waals surface area contributed by atoms with Crippen molar-refractivity contribution in [3.63, 3.8) is 0 Å². The molecule has 0 aromatic heterocycles. The Bertz CT molecular complexity index is 879. The zero-order valence-corrected chi connectivity index (χ0v) is 16.4. The fraction of sp³-hybridized carbons (Fsp3) is 0.417. The molecule has 146 valence electrons. The summed E-state index contributed by atoms with van der Waals surface area (Å²) in [6.45, 7) is 0. The molecule has 0 radical (unpaired) electrons. The normalized spacial score (nSPS) is 25.7. The van der Waals surface area contributed by atoms with Gasteiger partial charge in [-0.3, -0.25) is 0 Å². The number of aliphatic hydroxyl groups is 2. The highest BCUT2D eigenvalue weighted by Gasteiger charge is 2.36. The van der Waals surface area contributed by atoms with Crippen LogP contribution in [0, 0.1) is 11.8 Å². The van der Waals surface area contributed by atoms with Gasteiger partial charge in [-0.25, -0.2) is 0 Å². The minimum absolute atomic E-state index is 0.560. The molecule has 0 saturated carbocycles. The highest BCUT2D eigenvalue weighted by atomic mass is 16.5. The summed E-state index contributed by atoms with van der Waals surface area (Å²) >= 11 is 0. The molecule has 2 aromatic carbocycles. The maximum Gasteiger partial charge on any atom is 0.151 e. The van der Waals surface area contributed by atoms with Gasteiger partial charge in [-0.2, -0.15) is 0 Å². The number of aryl methyl sites for hydroxylation is 2. The highest BCUT2D eigenvalue weighted by molar-refractivity contribution is 5.48. The largest absolute Gasteiger partial charge is 0.497 e. The molecule has 0 unspecified atom stereocenters. The van der Waals surface area contributed by atoms with Crippen molar-refractivity contribution in [1.29, 1.82) is 0 Å². The summed E-state index contributed by atoms with van der Waals surface area (Å²) in [6.07, 6.45) is 4.59. The van der Waals surface area contributed by atoms with Crippen LogP contribution in [0.25, 0.3) is 0 Å². The second-order valence-electron chi connectivity index (χ2n) is 7.72. The first-order valence-electron chi connectivity index (χ1n) is 9.81. The first-order valence-corrected chi connectivity index (χ1v) is 9.81. The SMILES string of the molecule is COc1ccc2c(c1)CCC[C@]2(O)C#C[C@@]1(O)CCCc2cc(OC)ccc21. The lowest BCUT2D eigenvalue weighted by Gasteiger charge is -2.33. The van der Waals surface area contributed by atoms with E-state index < -0.39 is 11.2 Å². The Morgan fingerprint density at radius 1 is 0.750 bits per heavy atom. The highest BCUT2D eigenvalue weighted by Crippen LogP contribution is 2.39. The second kappa shape index (κ2) is 7.16. The zero-order chi connectivity index (χ0) is 19.8. The number of methoxy groups -OCH3 is 2. The number of rotatable bonds is 2. The molecule has 0 amide bonds. The van der Waals surface area contributed by atoms with E-state index in [4.69, 9.17) is 9.47 Å². The Morgan fingerprint density at radius 2 is 1.18 bits per heavy atom. The van der Waals surface area contributed by atoms with Crippen LogP contribution in [0.2, 0.25) is 0 Å². The van der Waals surface area contributed by atoms with Gasteiger partial charge in [0.1, 0.15) is 11.5 Å². The minimum Gasteiger partial charge on any atom is -0.497 e. The van der Waals surface area contributed by atoms with Gasteiger partial charge < -0.3 is 19.7 Å². The van der Waals surface area contributed by atoms with Crippen LogP contribution in [-0.4, -0.2) is 24.4 Å². The van der Waals surface area contributed by atoms with Crippen molar-refractivity contribution in [2.45, 2.75) is 49.7 Å². The minimum atomic E-state index is -1.25. The standard InChI is InChI=1S/C24H26O4/c1-27-19-7-9-21-17(15-19)5-3-11-23(21,25)13-14-24(26)12-4-6-18-16-20(28-2)8-10-22(18)24/h7-10,15-16,25-26H,3-6,11-12H2,1-2H3/t23-,24-/m0/s1. The summed E-state index contributed by atoms with van der Waals surface area (Å²) < 4.78 is 10.6. The molecular weight excluding hydrogens is 352 g/mol. The summed E-state index contributed by atoms with van der Waals surface area (Å²) in [7, 11) is 3.28. The topological polar surface area (TPSA) is 58.9 Å². The Balaban J connectivity index is 1.72. The van der Waals surface area contributed by atoms with Crippen LogP contribution in [0.15, 0.2) is 36.4 Å². The number of ether oxygens (including phenoxy) is 2. The van der Waals surface area contributed by atoms with Gasteiger partial charge in [0.2, 0.25) is 0 Å². The van der Waals surface area contributed by atoms with E-state index in [9.17, 15) is 10.2 Å². The van der Waals surface area contributed by atoms with Crippen molar-refractivity contribution in [1.82, 2.24) is 0 Å². The molecule has 0 fully saturated rings. The van der Waals surface area contributed by atoms with Gasteiger partial charge in [-0.1, -0.05) is 24.0 Å². The van der Waals surface area contributed by atoms with Gasteiger partial charge >= 0.3 is 0 Å². The maximum absolute atomic E-state index is 11.3. The lowest BCUT2D eigenvalue weighted by Crippen LogP contribution is -2.32. The van der Waals surface area contributed by atoms with Crippen LogP contribution in [0.3, 0.4) is 0 Å². The molecule has 4 nitrogen and oxygen atoms in total. The molecule has 2 aromatic rings. The molecule has 0 spiro atoms. The van der Waals surface area contributed by atoms with E-state index in [0.29, 0.717) is 12.8 Å². The average Bonchev–Trinajstić information content (AvgIpc) is 2.72. The summed E-state index contributed by atoms with van der Waals surface area (Å²) in [5, 5.41) is 22.6. The first kappa shape index (κ1) is 18.9. The number of hydrogen-bond acceptors (Lipinski definition) is 4. The molecule has 0 bridgehead atoms. The molecule has 0 heterocycles. The number of fused-ring (bicyclic) bond motifs is 2. The third-order valence-corrected chi connectivity index (χ3v) is 5.96. The average molecular weight is 378 g/mol. The molecule has 0 aliphatic heterocycles. The van der Waals surface area contributed by atoms with E-state index in [1.54, 1.807) is 14.2 Å². The van der Waals surface area contributed by atoms with Gasteiger partial charge in [-0.05, 0) is 85.0 Å². The van der Waals surface area contributed by atoms with Crippen molar-refractivity contribution in [2.75, 3.05) is 14.2 Å². The molecule has 2 aliphatic carbocycles. The first-order chi connectivity index (χ1) is 13.5. The Morgan fingerprint density at radius 3 is 1.57 bits per heavy atom. The van der Waals surface area contributed by atoms with E-state index in [1.165, 1.54) is 0 Å². The molecule has 2 N–H and O–H groups in total. The smallest absolute Gasteiger partial charge is 0.151 e. The molecule has 2 aliphatic rings. The van der Waals surface area contributed by atoms with Crippen molar-refractivity contribution >= 4 is 0 Å². The summed E-state index contributed by atoms with van der Waals surface area (Å²) in [5.41, 5.74) is 1.26. The van der Waals surface area contributed by atoms with Crippen LogP contribution in [-0.2, 0) is 24.0 Å². The van der Waals surface area contributed by atoms with Crippen LogP contribution in [0.1, 0.15) is 47.9 Å². The monoisotopic (exact) mass is 378 g/mol. The molecule has 0 saturated heterocycles. The third kappa shape index (κ3) is 3.26. The quantitative estimate of drug-likeness (QED) is 0.786. The predicted molar refractivity (Wildman–Crippen MR) is 107 cm³/mol. The van der Waals surface area contributed by atoms with Crippen LogP contribution >= 0.6 is 0 Å². The Kier molecular flexibility index (Phi) is 4.82. The van der Waals surface area contributed by atoms with E-state index in [0.717, 1.165) is 59.4 Å². The molecular formula is C24H26O4. The van der Waals surface area contributed by atoms with Gasteiger partial charge in [0.05, 0.1) is 14.2 Å². The summed E-state index contributed by atoms with van der Waals surface area (Å²) in [4.78, 5) is 0. The lowest BCUT2D eigenvalue weighted by molar-refractivity contribution is 0.0683. The Labute approximate surface area is 166 Å². The van der Waals surface area contributed by atoms with Crippen molar-refractivity contribution in [3.05, 3.63) is 58.7 Å². The second-order valence-corrected chi connectivity index (χ2v) is 7.72. The van der Waals surface area contributed by atoms with E-state index in [-0.39, 0.29) is 0 Å². The van der Waals surface area contributed by atoms with Crippen LogP contribution < -0.4 is 9.47 Å². The summed E-state index contributed by atoms with van der Waals surface area (Å²) in [6, 6.07) is 11.4. The van der Waals surface area contributed by atoms with Crippen LogP contribution in [0.4, 0.5) is 0 Å². The van der Waals surface area contributed by atoms with Gasteiger partial charge in [0.15, 0.2) is 11.2 Å². The van der Waals surface area contributed by atoms with Gasteiger partial charge in [0, 0.05) is 0 Å². The zero-order valence-electron chi connectivity index (χ0n) is 16.4. The molecule has 28 heavy (non-hydrogen) atoms. The molecule has 4 heteroatoms. The molecule has 4 rings (SSSR count). The third-order valence-electron chi connectivity index (χ3n) is 5.96. The number of benzene rings is 2. The van der Waals surface area contributed by atoms with Crippen LogP contribution in [0.5, 0.6) is 11.5 Å². The predicted octanol–water partition coefficient (Wildman–Crippen LogP) is 3.46. The van der Waals surface area contributed by atoms with Gasteiger partial charge in [-0.15, -0.1) is 0 Å². The lowest BCUT2D eigenvalue weighted by atomic mass is 9.76. The van der Waals surface area contributed by atoms with E-state index in [1.807, 2.05) is 36.4 Å². The maximum atomic E-state index is 11.3. The van der Waals surface area contributed by atoms with Crippen molar-refractivity contribution in [3.8, 4) is 23.3 Å². The van der Waals surface area contributed by atoms with Crippen molar-refractivity contribution < 1.29 is 19.7 Å². The van der Waals surface area contributed by atoms with E-state index >= 15 is 0 Å². The fourth-order valence-electron chi connectivity index (χ4n) is 4.42. The summed E-state index contributed by atoms with van der Waals surface area (Å²) in [5.74, 6) is 7.67. The van der Waals surface area contributed by atoms with Gasteiger partial charge in [0.25, 0.3) is 0 Å². The molecule has 2 atom stereocenters. The van der Waals surface area contributed by atoms with Crippen molar-refractivity contribution in [2.24, 2.45) is 0 Å².